The van der Waals surface area contributed by atoms with E-state index in [1.165, 1.54) is 64.2 Å². The predicted octanol–water partition coefficient (Wildman–Crippen LogP) is 3.88. The summed E-state index contributed by atoms with van der Waals surface area (Å²) in [5, 5.41) is 0. The molecule has 0 aromatic carbocycles. The molecule has 1 aliphatic carbocycles. The minimum atomic E-state index is 0.395. The zero-order valence-corrected chi connectivity index (χ0v) is 11.7. The molecule has 17 heavy (non-hydrogen) atoms. The molecule has 0 aromatic rings. The zero-order chi connectivity index (χ0) is 12.4. The molecule has 0 saturated heterocycles. The largest absolute Gasteiger partial charge is 0.381 e. The fourth-order valence-electron chi connectivity index (χ4n) is 2.85. The second-order valence-corrected chi connectivity index (χ2v) is 5.69. The number of hydrogen-bond acceptors (Lipinski definition) is 2. The van der Waals surface area contributed by atoms with Crippen molar-refractivity contribution in [3.63, 3.8) is 0 Å². The van der Waals surface area contributed by atoms with E-state index in [0.717, 1.165) is 19.8 Å². The average molecular weight is 241 g/mol. The van der Waals surface area contributed by atoms with Crippen molar-refractivity contribution in [2.75, 3.05) is 19.8 Å². The summed E-state index contributed by atoms with van der Waals surface area (Å²) >= 11 is 0. The van der Waals surface area contributed by atoms with Gasteiger partial charge in [0.25, 0.3) is 0 Å². The molecular weight excluding hydrogens is 210 g/mol. The Labute approximate surface area is 107 Å². The lowest BCUT2D eigenvalue weighted by Gasteiger charge is -2.34. The van der Waals surface area contributed by atoms with Crippen LogP contribution >= 0.6 is 0 Å². The maximum Gasteiger partial charge on any atom is 0.0471 e. The van der Waals surface area contributed by atoms with E-state index in [1.807, 2.05) is 0 Å². The molecule has 0 aromatic heterocycles. The highest BCUT2D eigenvalue weighted by molar-refractivity contribution is 4.81. The van der Waals surface area contributed by atoms with E-state index < -0.39 is 0 Å². The van der Waals surface area contributed by atoms with Crippen LogP contribution in [0.15, 0.2) is 0 Å². The normalized spacial score (nSPS) is 20.8. The third kappa shape index (κ3) is 5.87. The van der Waals surface area contributed by atoms with Crippen molar-refractivity contribution in [1.82, 2.24) is 0 Å². The van der Waals surface area contributed by atoms with E-state index in [0.29, 0.717) is 5.41 Å². The van der Waals surface area contributed by atoms with E-state index >= 15 is 0 Å². The van der Waals surface area contributed by atoms with Gasteiger partial charge in [0.1, 0.15) is 0 Å². The van der Waals surface area contributed by atoms with Crippen LogP contribution in [-0.2, 0) is 4.74 Å². The Balaban J connectivity index is 2.26. The quantitative estimate of drug-likeness (QED) is 0.686. The highest BCUT2D eigenvalue weighted by Crippen LogP contribution is 2.36. The van der Waals surface area contributed by atoms with E-state index in [4.69, 9.17) is 10.5 Å². The Morgan fingerprint density at radius 1 is 1.00 bits per heavy atom. The maximum absolute atomic E-state index is 6.04. The molecule has 1 aliphatic rings. The van der Waals surface area contributed by atoms with Gasteiger partial charge in [-0.25, -0.2) is 0 Å². The van der Waals surface area contributed by atoms with Gasteiger partial charge in [0.05, 0.1) is 0 Å². The lowest BCUT2D eigenvalue weighted by Crippen LogP contribution is -2.32. The topological polar surface area (TPSA) is 35.2 Å². The second kappa shape index (κ2) is 8.93. The van der Waals surface area contributed by atoms with E-state index in [2.05, 4.69) is 6.92 Å². The average Bonchev–Trinajstić information content (AvgIpc) is 2.32. The molecular formula is C15H31NO. The first kappa shape index (κ1) is 15.0. The van der Waals surface area contributed by atoms with Gasteiger partial charge in [-0.2, -0.15) is 0 Å². The van der Waals surface area contributed by atoms with Gasteiger partial charge in [-0.1, -0.05) is 45.4 Å². The molecule has 0 atom stereocenters. The lowest BCUT2D eigenvalue weighted by atomic mass is 9.74. The summed E-state index contributed by atoms with van der Waals surface area (Å²) in [6.45, 7) is 4.90. The Morgan fingerprint density at radius 3 is 2.24 bits per heavy atom. The van der Waals surface area contributed by atoms with Crippen molar-refractivity contribution >= 4 is 0 Å². The minimum absolute atomic E-state index is 0.395. The molecule has 1 rings (SSSR count). The van der Waals surface area contributed by atoms with Gasteiger partial charge in [0.2, 0.25) is 0 Å². The molecule has 102 valence electrons. The molecule has 2 nitrogen and oxygen atoms in total. The molecule has 0 heterocycles. The van der Waals surface area contributed by atoms with Gasteiger partial charge >= 0.3 is 0 Å². The van der Waals surface area contributed by atoms with Crippen molar-refractivity contribution in [2.24, 2.45) is 11.1 Å². The van der Waals surface area contributed by atoms with Crippen molar-refractivity contribution in [1.29, 1.82) is 0 Å². The molecule has 0 unspecified atom stereocenters. The third-order valence-corrected chi connectivity index (χ3v) is 4.27. The van der Waals surface area contributed by atoms with Gasteiger partial charge in [0.15, 0.2) is 0 Å². The number of unbranched alkanes of at least 4 members (excludes halogenated alkanes) is 1. The van der Waals surface area contributed by atoms with Crippen LogP contribution in [0.3, 0.4) is 0 Å². The fraction of sp³-hybridized carbons (Fsp3) is 1.00. The number of nitrogens with two attached hydrogens (primary N) is 1. The molecule has 1 fully saturated rings. The van der Waals surface area contributed by atoms with Crippen molar-refractivity contribution in [2.45, 2.75) is 71.1 Å². The molecule has 2 N–H and O–H groups in total. The maximum atomic E-state index is 6.04. The fourth-order valence-corrected chi connectivity index (χ4v) is 2.85. The van der Waals surface area contributed by atoms with E-state index in [1.54, 1.807) is 0 Å². The summed E-state index contributed by atoms with van der Waals surface area (Å²) in [7, 11) is 0. The molecule has 2 heteroatoms. The smallest absolute Gasteiger partial charge is 0.0471 e. The predicted molar refractivity (Wildman–Crippen MR) is 74.2 cm³/mol. The molecule has 0 amide bonds. The molecule has 0 bridgehead atoms. The second-order valence-electron chi connectivity index (χ2n) is 5.69. The summed E-state index contributed by atoms with van der Waals surface area (Å²) < 4.78 is 5.72. The van der Waals surface area contributed by atoms with Crippen LogP contribution < -0.4 is 5.73 Å². The van der Waals surface area contributed by atoms with Gasteiger partial charge < -0.3 is 10.5 Å². The summed E-state index contributed by atoms with van der Waals surface area (Å²) in [5.41, 5.74) is 6.44. The van der Waals surface area contributed by atoms with Crippen LogP contribution in [-0.4, -0.2) is 19.8 Å². The summed E-state index contributed by atoms with van der Waals surface area (Å²) in [6.07, 6.45) is 13.2. The monoisotopic (exact) mass is 241 g/mol. The van der Waals surface area contributed by atoms with Crippen molar-refractivity contribution in [3.05, 3.63) is 0 Å². The first-order valence-corrected chi connectivity index (χ1v) is 7.61. The van der Waals surface area contributed by atoms with Gasteiger partial charge in [0, 0.05) is 13.2 Å². The van der Waals surface area contributed by atoms with E-state index in [-0.39, 0.29) is 0 Å². The highest BCUT2D eigenvalue weighted by Gasteiger charge is 2.28. The SMILES string of the molecule is CCCCOCCC1(CN)CCCCCCC1. The van der Waals surface area contributed by atoms with Gasteiger partial charge in [-0.3, -0.25) is 0 Å². The van der Waals surface area contributed by atoms with E-state index in [9.17, 15) is 0 Å². The van der Waals surface area contributed by atoms with Crippen LogP contribution in [0.4, 0.5) is 0 Å². The molecule has 0 spiro atoms. The first-order chi connectivity index (χ1) is 8.33. The zero-order valence-electron chi connectivity index (χ0n) is 11.7. The third-order valence-electron chi connectivity index (χ3n) is 4.27. The highest BCUT2D eigenvalue weighted by atomic mass is 16.5. The Hall–Kier alpha value is -0.0800. The Bertz CT molecular complexity index is 174. The summed E-state index contributed by atoms with van der Waals surface area (Å²) in [6, 6.07) is 0. The number of hydrogen-bond donors (Lipinski definition) is 1. The number of rotatable bonds is 7. The van der Waals surface area contributed by atoms with Crippen molar-refractivity contribution < 1.29 is 4.74 Å². The lowest BCUT2D eigenvalue weighted by molar-refractivity contribution is 0.0813. The number of ether oxygens (including phenoxy) is 1. The van der Waals surface area contributed by atoms with Crippen LogP contribution in [0.5, 0.6) is 0 Å². The summed E-state index contributed by atoms with van der Waals surface area (Å²) in [4.78, 5) is 0. The Kier molecular flexibility index (Phi) is 7.87. The standard InChI is InChI=1S/C15H31NO/c1-2-3-12-17-13-11-15(14-16)9-7-5-4-6-8-10-15/h2-14,16H2,1H3. The van der Waals surface area contributed by atoms with Crippen LogP contribution in [0, 0.1) is 5.41 Å². The summed E-state index contributed by atoms with van der Waals surface area (Å²) in [5.74, 6) is 0. The van der Waals surface area contributed by atoms with Crippen molar-refractivity contribution in [3.8, 4) is 0 Å². The van der Waals surface area contributed by atoms with Crippen LogP contribution in [0.1, 0.15) is 71.1 Å². The molecule has 0 aliphatic heterocycles. The van der Waals surface area contributed by atoms with Crippen LogP contribution in [0.25, 0.3) is 0 Å². The van der Waals surface area contributed by atoms with Crippen LogP contribution in [0.2, 0.25) is 0 Å². The molecule has 0 radical (unpaired) electrons. The molecule has 1 saturated carbocycles. The first-order valence-electron chi connectivity index (χ1n) is 7.61. The van der Waals surface area contributed by atoms with Gasteiger partial charge in [-0.05, 0) is 37.6 Å². The Morgan fingerprint density at radius 2 is 1.65 bits per heavy atom. The van der Waals surface area contributed by atoms with Gasteiger partial charge in [-0.15, -0.1) is 0 Å². The minimum Gasteiger partial charge on any atom is -0.381 e.